The molecular formula is C14H22ClN3O2. The Morgan fingerprint density at radius 1 is 1.45 bits per heavy atom. The molecule has 6 heteroatoms. The van der Waals surface area contributed by atoms with E-state index in [0.717, 1.165) is 18.8 Å². The summed E-state index contributed by atoms with van der Waals surface area (Å²) in [5.74, 6) is 0.526. The van der Waals surface area contributed by atoms with Gasteiger partial charge in [0, 0.05) is 0 Å². The summed E-state index contributed by atoms with van der Waals surface area (Å²) in [5, 5.41) is 8.15. The Morgan fingerprint density at radius 2 is 2.25 bits per heavy atom. The molecule has 0 saturated heterocycles. The van der Waals surface area contributed by atoms with Crippen LogP contribution in [0.2, 0.25) is 0 Å². The molecule has 0 N–H and O–H groups in total. The highest BCUT2D eigenvalue weighted by Crippen LogP contribution is 2.34. The van der Waals surface area contributed by atoms with Gasteiger partial charge in [0.2, 0.25) is 0 Å². The number of hydrogen-bond donors (Lipinski definition) is 0. The second-order valence-electron chi connectivity index (χ2n) is 5.28. The van der Waals surface area contributed by atoms with E-state index in [1.165, 1.54) is 19.3 Å². The third-order valence-corrected chi connectivity index (χ3v) is 4.32. The second-order valence-corrected chi connectivity index (χ2v) is 5.55. The molecule has 1 heterocycles. The zero-order valence-corrected chi connectivity index (χ0v) is 12.9. The molecule has 1 fully saturated rings. The Kier molecular flexibility index (Phi) is 5.40. The Hall–Kier alpha value is -1.10. The molecule has 2 rings (SSSR count). The second kappa shape index (κ2) is 7.07. The number of hydrogen-bond acceptors (Lipinski definition) is 4. The fraction of sp³-hybridized carbons (Fsp3) is 0.786. The molecule has 0 spiro atoms. The van der Waals surface area contributed by atoms with Crippen LogP contribution in [0.15, 0.2) is 0 Å². The van der Waals surface area contributed by atoms with E-state index in [2.05, 4.69) is 17.2 Å². The van der Waals surface area contributed by atoms with Crippen LogP contribution in [0.5, 0.6) is 0 Å². The van der Waals surface area contributed by atoms with Crippen LogP contribution in [0, 0.1) is 5.92 Å². The van der Waals surface area contributed by atoms with Gasteiger partial charge < -0.3 is 4.74 Å². The van der Waals surface area contributed by atoms with Crippen molar-refractivity contribution in [1.82, 2.24) is 15.0 Å². The maximum Gasteiger partial charge on any atom is 0.360 e. The highest BCUT2D eigenvalue weighted by atomic mass is 35.5. The highest BCUT2D eigenvalue weighted by Gasteiger charge is 2.28. The van der Waals surface area contributed by atoms with E-state index < -0.39 is 5.97 Å². The van der Waals surface area contributed by atoms with Gasteiger partial charge in [-0.15, -0.1) is 16.7 Å². The minimum Gasteiger partial charge on any atom is -0.461 e. The third kappa shape index (κ3) is 3.14. The molecule has 5 nitrogen and oxygen atoms in total. The van der Waals surface area contributed by atoms with E-state index in [0.29, 0.717) is 18.3 Å². The van der Waals surface area contributed by atoms with Gasteiger partial charge in [-0.1, -0.05) is 31.4 Å². The van der Waals surface area contributed by atoms with E-state index in [1.54, 1.807) is 6.92 Å². The summed E-state index contributed by atoms with van der Waals surface area (Å²) in [7, 11) is 0. The SMILES string of the molecule is CCOC(=O)c1nnn(C2CCCC(CC)C2)c1CCl. The summed E-state index contributed by atoms with van der Waals surface area (Å²) in [6.07, 6.45) is 5.83. The molecule has 20 heavy (non-hydrogen) atoms. The lowest BCUT2D eigenvalue weighted by molar-refractivity contribution is 0.0518. The van der Waals surface area contributed by atoms with Gasteiger partial charge in [0.1, 0.15) is 0 Å². The first kappa shape index (κ1) is 15.3. The van der Waals surface area contributed by atoms with E-state index in [1.807, 2.05) is 4.68 Å². The molecule has 1 aliphatic carbocycles. The number of esters is 1. The molecular weight excluding hydrogens is 278 g/mol. The molecule has 1 aliphatic rings. The number of rotatable bonds is 5. The summed E-state index contributed by atoms with van der Waals surface area (Å²) >= 11 is 6.00. The average Bonchev–Trinajstić information content (AvgIpc) is 2.91. The van der Waals surface area contributed by atoms with Crippen molar-refractivity contribution >= 4 is 17.6 Å². The predicted molar refractivity (Wildman–Crippen MR) is 76.8 cm³/mol. The van der Waals surface area contributed by atoms with E-state index in [4.69, 9.17) is 16.3 Å². The van der Waals surface area contributed by atoms with Gasteiger partial charge in [-0.2, -0.15) is 0 Å². The Bertz CT molecular complexity index is 461. The van der Waals surface area contributed by atoms with Crippen molar-refractivity contribution < 1.29 is 9.53 Å². The molecule has 0 aliphatic heterocycles. The van der Waals surface area contributed by atoms with Crippen molar-refractivity contribution in [2.24, 2.45) is 5.92 Å². The van der Waals surface area contributed by atoms with Crippen LogP contribution in [0.1, 0.15) is 68.2 Å². The molecule has 0 amide bonds. The van der Waals surface area contributed by atoms with Gasteiger partial charge in [0.25, 0.3) is 0 Å². The minimum atomic E-state index is -0.433. The van der Waals surface area contributed by atoms with Gasteiger partial charge >= 0.3 is 5.97 Å². The lowest BCUT2D eigenvalue weighted by atomic mass is 9.84. The van der Waals surface area contributed by atoms with Crippen LogP contribution in [0.3, 0.4) is 0 Å². The number of aromatic nitrogens is 3. The van der Waals surface area contributed by atoms with Crippen molar-refractivity contribution in [3.05, 3.63) is 11.4 Å². The maximum atomic E-state index is 11.8. The van der Waals surface area contributed by atoms with Gasteiger partial charge in [-0.3, -0.25) is 0 Å². The van der Waals surface area contributed by atoms with Gasteiger partial charge in [0.05, 0.1) is 24.2 Å². The van der Waals surface area contributed by atoms with Gasteiger partial charge in [0.15, 0.2) is 5.69 Å². The van der Waals surface area contributed by atoms with Crippen LogP contribution >= 0.6 is 11.6 Å². The van der Waals surface area contributed by atoms with Crippen molar-refractivity contribution in [3.63, 3.8) is 0 Å². The number of ether oxygens (including phenoxy) is 1. The molecule has 112 valence electrons. The summed E-state index contributed by atoms with van der Waals surface area (Å²) in [6.45, 7) is 4.32. The minimum absolute atomic E-state index is 0.231. The van der Waals surface area contributed by atoms with Crippen LogP contribution in [0.4, 0.5) is 0 Å². The molecule has 0 radical (unpaired) electrons. The zero-order chi connectivity index (χ0) is 14.5. The lowest BCUT2D eigenvalue weighted by Gasteiger charge is -2.29. The molecule has 2 unspecified atom stereocenters. The molecule has 1 aromatic heterocycles. The summed E-state index contributed by atoms with van der Waals surface area (Å²) < 4.78 is 6.85. The fourth-order valence-electron chi connectivity index (χ4n) is 2.94. The van der Waals surface area contributed by atoms with Crippen LogP contribution in [0.25, 0.3) is 0 Å². The molecule has 0 aromatic carbocycles. The Morgan fingerprint density at radius 3 is 2.90 bits per heavy atom. The van der Waals surface area contributed by atoms with Gasteiger partial charge in [-0.05, 0) is 25.7 Å². The van der Waals surface area contributed by atoms with Crippen molar-refractivity contribution in [3.8, 4) is 0 Å². The van der Waals surface area contributed by atoms with Crippen LogP contribution in [-0.4, -0.2) is 27.6 Å². The third-order valence-electron chi connectivity index (χ3n) is 4.06. The normalized spacial score (nSPS) is 22.8. The lowest BCUT2D eigenvalue weighted by Crippen LogP contribution is -2.21. The Balaban J connectivity index is 2.21. The number of nitrogens with zero attached hydrogens (tertiary/aromatic N) is 3. The average molecular weight is 300 g/mol. The predicted octanol–water partition coefficient (Wildman–Crippen LogP) is 3.33. The summed E-state index contributed by atoms with van der Waals surface area (Å²) in [5.41, 5.74) is 0.951. The fourth-order valence-corrected chi connectivity index (χ4v) is 3.19. The molecule has 1 aromatic rings. The van der Waals surface area contributed by atoms with E-state index in [-0.39, 0.29) is 11.6 Å². The summed E-state index contributed by atoms with van der Waals surface area (Å²) in [4.78, 5) is 11.8. The van der Waals surface area contributed by atoms with Crippen LogP contribution in [-0.2, 0) is 10.6 Å². The summed E-state index contributed by atoms with van der Waals surface area (Å²) in [6, 6.07) is 0.304. The van der Waals surface area contributed by atoms with E-state index >= 15 is 0 Å². The quantitative estimate of drug-likeness (QED) is 0.618. The standard InChI is InChI=1S/C14H22ClN3O2/c1-3-10-6-5-7-11(8-10)18-12(9-15)13(16-17-18)14(19)20-4-2/h10-11H,3-9H2,1-2H3. The topological polar surface area (TPSA) is 57.0 Å². The first-order chi connectivity index (χ1) is 9.71. The van der Waals surface area contributed by atoms with E-state index in [9.17, 15) is 4.79 Å². The number of carbonyl (C=O) groups is 1. The molecule has 1 saturated carbocycles. The molecule has 2 atom stereocenters. The maximum absolute atomic E-state index is 11.8. The smallest absolute Gasteiger partial charge is 0.360 e. The van der Waals surface area contributed by atoms with Crippen molar-refractivity contribution in [2.75, 3.05) is 6.61 Å². The number of halogens is 1. The molecule has 0 bridgehead atoms. The first-order valence-electron chi connectivity index (χ1n) is 7.38. The Labute approximate surface area is 124 Å². The number of carbonyl (C=O) groups excluding carboxylic acids is 1. The zero-order valence-electron chi connectivity index (χ0n) is 12.1. The largest absolute Gasteiger partial charge is 0.461 e. The highest BCUT2D eigenvalue weighted by molar-refractivity contribution is 6.17. The van der Waals surface area contributed by atoms with Gasteiger partial charge in [-0.25, -0.2) is 9.48 Å². The first-order valence-corrected chi connectivity index (χ1v) is 7.91. The van der Waals surface area contributed by atoms with Crippen molar-refractivity contribution in [1.29, 1.82) is 0 Å². The number of alkyl halides is 1. The van der Waals surface area contributed by atoms with Crippen LogP contribution < -0.4 is 0 Å². The monoisotopic (exact) mass is 299 g/mol. The van der Waals surface area contributed by atoms with Crippen molar-refractivity contribution in [2.45, 2.75) is 57.9 Å².